The second kappa shape index (κ2) is 9.37. The van der Waals surface area contributed by atoms with Gasteiger partial charge in [0.1, 0.15) is 13.1 Å². The van der Waals surface area contributed by atoms with Gasteiger partial charge in [0.25, 0.3) is 0 Å². The predicted octanol–water partition coefficient (Wildman–Crippen LogP) is 1.09. The van der Waals surface area contributed by atoms with Crippen LogP contribution in [-0.2, 0) is 4.74 Å². The molecule has 0 amide bonds. The van der Waals surface area contributed by atoms with E-state index in [9.17, 15) is 0 Å². The summed E-state index contributed by atoms with van der Waals surface area (Å²) in [7, 11) is 0. The Morgan fingerprint density at radius 3 is 2.77 bits per heavy atom. The lowest BCUT2D eigenvalue weighted by atomic mass is 10.3. The first-order valence-electron chi connectivity index (χ1n) is 7.31. The smallest absolute Gasteiger partial charge is 0.185 e. The number of rotatable bonds is 6. The Morgan fingerprint density at radius 1 is 1.27 bits per heavy atom. The van der Waals surface area contributed by atoms with Crippen LogP contribution in [0.3, 0.4) is 0 Å². The number of quaternary nitrogens is 1. The Labute approximate surface area is 146 Å². The number of thiocarbonyl (C=S) groups is 1. The van der Waals surface area contributed by atoms with Gasteiger partial charge in [0.15, 0.2) is 5.11 Å². The van der Waals surface area contributed by atoms with Gasteiger partial charge in [-0.1, -0.05) is 23.2 Å². The monoisotopic (exact) mass is 363 g/mol. The van der Waals surface area contributed by atoms with Crippen molar-refractivity contribution in [1.29, 1.82) is 0 Å². The first kappa shape index (κ1) is 17.6. The summed E-state index contributed by atoms with van der Waals surface area (Å²) in [6, 6.07) is 5.23. The number of ether oxygens (including phenoxy) is 1. The molecule has 0 atom stereocenters. The van der Waals surface area contributed by atoms with Gasteiger partial charge in [-0.2, -0.15) is 0 Å². The highest BCUT2D eigenvalue weighted by Gasteiger charge is 2.12. The molecule has 0 saturated carbocycles. The van der Waals surface area contributed by atoms with E-state index in [1.54, 1.807) is 23.1 Å². The first-order valence-corrected chi connectivity index (χ1v) is 8.48. The van der Waals surface area contributed by atoms with Crippen LogP contribution in [0.2, 0.25) is 10.0 Å². The van der Waals surface area contributed by atoms with Crippen molar-refractivity contribution in [3.05, 3.63) is 28.2 Å². The topological polar surface area (TPSA) is 49.8 Å². The number of anilines is 1. The van der Waals surface area contributed by atoms with Crippen molar-refractivity contribution in [3.63, 3.8) is 0 Å². The average molecular weight is 364 g/mol. The molecular weight excluding hydrogens is 343 g/mol. The summed E-state index contributed by atoms with van der Waals surface area (Å²) in [5.74, 6) is 0. The Balaban J connectivity index is 1.59. The van der Waals surface area contributed by atoms with Crippen LogP contribution < -0.4 is 21.1 Å². The lowest BCUT2D eigenvalue weighted by molar-refractivity contribution is -0.908. The highest BCUT2D eigenvalue weighted by molar-refractivity contribution is 7.80. The molecule has 4 N–H and O–H groups in total. The van der Waals surface area contributed by atoms with Gasteiger partial charge in [0, 0.05) is 18.0 Å². The van der Waals surface area contributed by atoms with Gasteiger partial charge in [-0.05, 0) is 30.4 Å². The van der Waals surface area contributed by atoms with Crippen LogP contribution in [-0.4, -0.2) is 44.5 Å². The average Bonchev–Trinajstić information content (AvgIpc) is 2.52. The van der Waals surface area contributed by atoms with Gasteiger partial charge in [-0.3, -0.25) is 10.9 Å². The fraction of sp³-hybridized carbons (Fsp3) is 0.500. The van der Waals surface area contributed by atoms with E-state index in [0.717, 1.165) is 51.5 Å². The van der Waals surface area contributed by atoms with Crippen LogP contribution in [0.4, 0.5) is 5.69 Å². The standard InChI is InChI=1S/C14H20Cl2N4OS/c15-11-2-3-13(12(16)10-11)18-19-14(22)17-4-1-5-20-6-8-21-9-7-20/h2-3,10,18H,1,4-9H2,(H2,17,19,22)/p+1. The van der Waals surface area contributed by atoms with E-state index in [-0.39, 0.29) is 0 Å². The number of hydrazine groups is 1. The zero-order valence-electron chi connectivity index (χ0n) is 12.3. The number of halogens is 2. The molecule has 1 aliphatic heterocycles. The van der Waals surface area contributed by atoms with Gasteiger partial charge >= 0.3 is 0 Å². The normalized spacial score (nSPS) is 15.4. The molecule has 0 spiro atoms. The molecule has 0 unspecified atom stereocenters. The Morgan fingerprint density at radius 2 is 2.05 bits per heavy atom. The van der Waals surface area contributed by atoms with Crippen LogP contribution in [0.5, 0.6) is 0 Å². The summed E-state index contributed by atoms with van der Waals surface area (Å²) in [5.41, 5.74) is 6.61. The van der Waals surface area contributed by atoms with E-state index in [1.807, 2.05) is 0 Å². The number of morpholine rings is 1. The summed E-state index contributed by atoms with van der Waals surface area (Å²) in [6.07, 6.45) is 1.07. The second-order valence-corrected chi connectivity index (χ2v) is 6.35. The predicted molar refractivity (Wildman–Crippen MR) is 94.8 cm³/mol. The van der Waals surface area contributed by atoms with Crippen LogP contribution in [0.25, 0.3) is 0 Å². The number of nitrogens with one attached hydrogen (secondary N) is 4. The highest BCUT2D eigenvalue weighted by Crippen LogP contribution is 2.24. The second-order valence-electron chi connectivity index (χ2n) is 5.10. The van der Waals surface area contributed by atoms with Crippen LogP contribution >= 0.6 is 35.4 Å². The Hall–Kier alpha value is -0.790. The summed E-state index contributed by atoms with van der Waals surface area (Å²) >= 11 is 17.1. The van der Waals surface area contributed by atoms with Crippen molar-refractivity contribution < 1.29 is 9.64 Å². The molecule has 2 rings (SSSR count). The van der Waals surface area contributed by atoms with E-state index >= 15 is 0 Å². The molecule has 0 aliphatic carbocycles. The van der Waals surface area contributed by atoms with Crippen molar-refractivity contribution in [2.75, 3.05) is 44.8 Å². The van der Waals surface area contributed by atoms with Gasteiger partial charge in [-0.25, -0.2) is 0 Å². The first-order chi connectivity index (χ1) is 10.6. The maximum atomic E-state index is 6.06. The number of benzene rings is 1. The minimum atomic E-state index is 0.540. The Bertz CT molecular complexity index is 498. The lowest BCUT2D eigenvalue weighted by Crippen LogP contribution is -3.14. The van der Waals surface area contributed by atoms with Gasteiger partial charge in [0.2, 0.25) is 0 Å². The zero-order chi connectivity index (χ0) is 15.8. The minimum Gasteiger partial charge on any atom is -0.370 e. The van der Waals surface area contributed by atoms with Crippen molar-refractivity contribution in [1.82, 2.24) is 10.7 Å². The van der Waals surface area contributed by atoms with Crippen molar-refractivity contribution in [2.24, 2.45) is 0 Å². The van der Waals surface area contributed by atoms with Crippen molar-refractivity contribution in [3.8, 4) is 0 Å². The third-order valence-electron chi connectivity index (χ3n) is 3.43. The zero-order valence-corrected chi connectivity index (χ0v) is 14.6. The van der Waals surface area contributed by atoms with E-state index in [2.05, 4.69) is 16.2 Å². The number of hydrogen-bond acceptors (Lipinski definition) is 3. The molecule has 1 aromatic rings. The molecule has 1 fully saturated rings. The largest absolute Gasteiger partial charge is 0.370 e. The van der Waals surface area contributed by atoms with Gasteiger partial charge < -0.3 is 15.0 Å². The summed E-state index contributed by atoms with van der Waals surface area (Å²) in [6.45, 7) is 5.91. The van der Waals surface area contributed by atoms with E-state index in [1.165, 1.54) is 0 Å². The highest BCUT2D eigenvalue weighted by atomic mass is 35.5. The molecule has 5 nitrogen and oxygen atoms in total. The minimum absolute atomic E-state index is 0.540. The van der Waals surface area contributed by atoms with E-state index < -0.39 is 0 Å². The molecule has 0 aromatic heterocycles. The van der Waals surface area contributed by atoms with Crippen LogP contribution in [0.15, 0.2) is 18.2 Å². The summed E-state index contributed by atoms with van der Waals surface area (Å²) < 4.78 is 5.34. The molecule has 1 aliphatic rings. The summed E-state index contributed by atoms with van der Waals surface area (Å²) in [5, 5.41) is 4.85. The molecule has 22 heavy (non-hydrogen) atoms. The third kappa shape index (κ3) is 6.14. The SMILES string of the molecule is S=C(NCCC[NH+]1CCOCC1)NNc1ccc(Cl)cc1Cl. The van der Waals surface area contributed by atoms with Crippen LogP contribution in [0, 0.1) is 0 Å². The molecule has 1 saturated heterocycles. The maximum absolute atomic E-state index is 6.06. The van der Waals surface area contributed by atoms with Gasteiger partial charge in [-0.15, -0.1) is 0 Å². The molecule has 0 radical (unpaired) electrons. The lowest BCUT2D eigenvalue weighted by Gasteiger charge is -2.23. The third-order valence-corrected chi connectivity index (χ3v) is 4.23. The molecular formula is C14H21Cl2N4OS+. The number of hydrogen-bond donors (Lipinski definition) is 4. The fourth-order valence-corrected chi connectivity index (χ4v) is 2.82. The molecule has 1 aromatic carbocycles. The fourth-order valence-electron chi connectivity index (χ4n) is 2.21. The van der Waals surface area contributed by atoms with E-state index in [0.29, 0.717) is 15.2 Å². The van der Waals surface area contributed by atoms with Crippen molar-refractivity contribution >= 4 is 46.2 Å². The molecule has 122 valence electrons. The van der Waals surface area contributed by atoms with Crippen LogP contribution in [0.1, 0.15) is 6.42 Å². The molecule has 0 bridgehead atoms. The Kier molecular flexibility index (Phi) is 7.48. The molecule has 8 heteroatoms. The van der Waals surface area contributed by atoms with Crippen molar-refractivity contribution in [2.45, 2.75) is 6.42 Å². The summed E-state index contributed by atoms with van der Waals surface area (Å²) in [4.78, 5) is 1.60. The van der Waals surface area contributed by atoms with E-state index in [4.69, 9.17) is 40.2 Å². The van der Waals surface area contributed by atoms with Gasteiger partial charge in [0.05, 0.1) is 30.5 Å². The molecule has 1 heterocycles. The quantitative estimate of drug-likeness (QED) is 0.346. The maximum Gasteiger partial charge on any atom is 0.185 e.